The fourth-order valence-electron chi connectivity index (χ4n) is 3.48. The number of phenolic OH excluding ortho intramolecular Hbond substituents is 1. The lowest BCUT2D eigenvalue weighted by atomic mass is 9.94. The highest BCUT2D eigenvalue weighted by atomic mass is 32.1. The van der Waals surface area contributed by atoms with E-state index >= 15 is 0 Å². The van der Waals surface area contributed by atoms with Gasteiger partial charge in [-0.25, -0.2) is 0 Å². The van der Waals surface area contributed by atoms with E-state index in [1.54, 1.807) is 23.5 Å². The van der Waals surface area contributed by atoms with E-state index in [-0.39, 0.29) is 11.7 Å². The van der Waals surface area contributed by atoms with Crippen molar-refractivity contribution in [2.24, 2.45) is 0 Å². The maximum atomic E-state index is 12.7. The summed E-state index contributed by atoms with van der Waals surface area (Å²) in [7, 11) is 0. The summed E-state index contributed by atoms with van der Waals surface area (Å²) in [5.41, 5.74) is 2.62. The molecule has 1 aliphatic carbocycles. The van der Waals surface area contributed by atoms with Gasteiger partial charge in [-0.2, -0.15) is 0 Å². The van der Waals surface area contributed by atoms with Crippen molar-refractivity contribution in [2.45, 2.75) is 38.8 Å². The van der Waals surface area contributed by atoms with Crippen molar-refractivity contribution in [3.05, 3.63) is 39.8 Å². The summed E-state index contributed by atoms with van der Waals surface area (Å²) in [5, 5.41) is 17.7. The number of aryl methyl sites for hydroxylation is 1. The quantitative estimate of drug-likeness (QED) is 0.796. The molecule has 0 saturated heterocycles. The molecule has 0 spiro atoms. The third-order valence-electron chi connectivity index (χ3n) is 4.59. The molecule has 0 bridgehead atoms. The standard InChI is InChI=1S/C18H20N2O3S/c1-2-23-12-8-5-7-11(15(12)21)16-19-17(22)14-10-6-3-4-9-13(10)24-18(14)20-16/h5,7-8,16,20-21H,2-4,6,9H2,1H3,(H,19,22). The second kappa shape index (κ2) is 6.02. The lowest BCUT2D eigenvalue weighted by Crippen LogP contribution is -2.38. The van der Waals surface area contributed by atoms with Crippen LogP contribution in [0.5, 0.6) is 11.5 Å². The minimum Gasteiger partial charge on any atom is -0.504 e. The fraction of sp³-hybridized carbons (Fsp3) is 0.389. The predicted molar refractivity (Wildman–Crippen MR) is 94.1 cm³/mol. The minimum atomic E-state index is -0.453. The Morgan fingerprint density at radius 1 is 1.29 bits per heavy atom. The molecule has 1 unspecified atom stereocenters. The first-order valence-electron chi connectivity index (χ1n) is 8.35. The monoisotopic (exact) mass is 344 g/mol. The molecular weight excluding hydrogens is 324 g/mol. The van der Waals surface area contributed by atoms with Crippen LogP contribution in [-0.4, -0.2) is 17.6 Å². The Bertz CT molecular complexity index is 800. The van der Waals surface area contributed by atoms with Crippen LogP contribution in [0.1, 0.15) is 52.3 Å². The summed E-state index contributed by atoms with van der Waals surface area (Å²) >= 11 is 1.68. The van der Waals surface area contributed by atoms with Gasteiger partial charge in [-0.15, -0.1) is 11.3 Å². The average molecular weight is 344 g/mol. The second-order valence-corrected chi connectivity index (χ2v) is 7.20. The number of hydrogen-bond donors (Lipinski definition) is 3. The molecule has 1 amide bonds. The molecule has 6 heteroatoms. The smallest absolute Gasteiger partial charge is 0.256 e. The van der Waals surface area contributed by atoms with Gasteiger partial charge < -0.3 is 20.5 Å². The van der Waals surface area contributed by atoms with Crippen LogP contribution in [0.3, 0.4) is 0 Å². The van der Waals surface area contributed by atoms with Crippen LogP contribution >= 0.6 is 11.3 Å². The van der Waals surface area contributed by atoms with Gasteiger partial charge >= 0.3 is 0 Å². The summed E-state index contributed by atoms with van der Waals surface area (Å²) in [5.74, 6) is 0.443. The highest BCUT2D eigenvalue weighted by Crippen LogP contribution is 2.43. The number of phenols is 1. The molecule has 1 aromatic carbocycles. The van der Waals surface area contributed by atoms with Gasteiger partial charge in [0.1, 0.15) is 11.2 Å². The second-order valence-electron chi connectivity index (χ2n) is 6.09. The third-order valence-corrected chi connectivity index (χ3v) is 5.81. The van der Waals surface area contributed by atoms with Crippen molar-refractivity contribution in [1.29, 1.82) is 0 Å². The van der Waals surface area contributed by atoms with Crippen LogP contribution in [0.15, 0.2) is 18.2 Å². The Balaban J connectivity index is 1.70. The van der Waals surface area contributed by atoms with Crippen LogP contribution < -0.4 is 15.4 Å². The topological polar surface area (TPSA) is 70.6 Å². The summed E-state index contributed by atoms with van der Waals surface area (Å²) in [6, 6.07) is 5.35. The van der Waals surface area contributed by atoms with Crippen molar-refractivity contribution in [3.63, 3.8) is 0 Å². The van der Waals surface area contributed by atoms with Crippen molar-refractivity contribution in [3.8, 4) is 11.5 Å². The first-order chi connectivity index (χ1) is 11.7. The van der Waals surface area contributed by atoms with E-state index in [9.17, 15) is 9.90 Å². The summed E-state index contributed by atoms with van der Waals surface area (Å²) < 4.78 is 5.44. The van der Waals surface area contributed by atoms with Gasteiger partial charge in [-0.1, -0.05) is 12.1 Å². The van der Waals surface area contributed by atoms with Crippen LogP contribution in [-0.2, 0) is 12.8 Å². The molecule has 2 aliphatic rings. The van der Waals surface area contributed by atoms with E-state index in [0.717, 1.165) is 29.8 Å². The number of anilines is 1. The first-order valence-corrected chi connectivity index (χ1v) is 9.17. The zero-order chi connectivity index (χ0) is 16.7. The molecule has 0 fully saturated rings. The number of carbonyl (C=O) groups is 1. The highest BCUT2D eigenvalue weighted by molar-refractivity contribution is 7.16. The molecule has 2 aromatic rings. The third kappa shape index (κ3) is 2.41. The summed E-state index contributed by atoms with van der Waals surface area (Å²) in [6.45, 7) is 2.35. The van der Waals surface area contributed by atoms with Gasteiger partial charge in [0.05, 0.1) is 12.2 Å². The maximum Gasteiger partial charge on any atom is 0.256 e. The molecule has 2 heterocycles. The van der Waals surface area contributed by atoms with Gasteiger partial charge in [-0.3, -0.25) is 4.79 Å². The van der Waals surface area contributed by atoms with Gasteiger partial charge in [0.2, 0.25) is 0 Å². The van der Waals surface area contributed by atoms with E-state index in [2.05, 4.69) is 10.6 Å². The number of ether oxygens (including phenoxy) is 1. The van der Waals surface area contributed by atoms with Gasteiger partial charge in [-0.05, 0) is 44.2 Å². The molecule has 0 saturated carbocycles. The molecule has 4 rings (SSSR count). The Hall–Kier alpha value is -2.21. The number of para-hydroxylation sites is 1. The number of thiophene rings is 1. The van der Waals surface area contributed by atoms with Gasteiger partial charge in [0.15, 0.2) is 11.5 Å². The van der Waals surface area contributed by atoms with Crippen molar-refractivity contribution < 1.29 is 14.6 Å². The molecule has 5 nitrogen and oxygen atoms in total. The Morgan fingerprint density at radius 3 is 2.96 bits per heavy atom. The van der Waals surface area contributed by atoms with E-state index in [4.69, 9.17) is 4.74 Å². The van der Waals surface area contributed by atoms with E-state index in [1.807, 2.05) is 13.0 Å². The fourth-order valence-corrected chi connectivity index (χ4v) is 4.79. The van der Waals surface area contributed by atoms with Crippen LogP contribution in [0, 0.1) is 0 Å². The average Bonchev–Trinajstić information content (AvgIpc) is 2.95. The lowest BCUT2D eigenvalue weighted by molar-refractivity contribution is 0.0935. The van der Waals surface area contributed by atoms with Crippen molar-refractivity contribution in [2.75, 3.05) is 11.9 Å². The zero-order valence-corrected chi connectivity index (χ0v) is 14.3. The van der Waals surface area contributed by atoms with Gasteiger partial charge in [0.25, 0.3) is 5.91 Å². The number of carbonyl (C=O) groups excluding carboxylic acids is 1. The number of amides is 1. The summed E-state index contributed by atoms with van der Waals surface area (Å²) in [6.07, 6.45) is 3.91. The predicted octanol–water partition coefficient (Wildman–Crippen LogP) is 3.59. The summed E-state index contributed by atoms with van der Waals surface area (Å²) in [4.78, 5) is 14.0. The SMILES string of the molecule is CCOc1cccc(C2NC(=O)c3c(sc4c3CCCC4)N2)c1O. The zero-order valence-electron chi connectivity index (χ0n) is 13.5. The minimum absolute atomic E-state index is 0.0608. The molecule has 126 valence electrons. The maximum absolute atomic E-state index is 12.7. The lowest BCUT2D eigenvalue weighted by Gasteiger charge is -2.27. The molecule has 24 heavy (non-hydrogen) atoms. The molecule has 1 atom stereocenters. The number of nitrogens with one attached hydrogen (secondary N) is 2. The number of hydrogen-bond acceptors (Lipinski definition) is 5. The Morgan fingerprint density at radius 2 is 2.12 bits per heavy atom. The largest absolute Gasteiger partial charge is 0.504 e. The first kappa shape index (κ1) is 15.3. The number of aromatic hydroxyl groups is 1. The van der Waals surface area contributed by atoms with E-state index in [1.165, 1.54) is 16.9 Å². The molecule has 3 N–H and O–H groups in total. The Kier molecular flexibility index (Phi) is 3.84. The van der Waals surface area contributed by atoms with Crippen LogP contribution in [0.25, 0.3) is 0 Å². The van der Waals surface area contributed by atoms with Crippen molar-refractivity contribution in [1.82, 2.24) is 5.32 Å². The van der Waals surface area contributed by atoms with Crippen LogP contribution in [0.4, 0.5) is 5.00 Å². The normalized spacial score (nSPS) is 19.0. The molecule has 0 radical (unpaired) electrons. The Labute approximate surface area is 144 Å². The van der Waals surface area contributed by atoms with Crippen molar-refractivity contribution >= 4 is 22.2 Å². The van der Waals surface area contributed by atoms with E-state index in [0.29, 0.717) is 17.9 Å². The number of rotatable bonds is 3. The van der Waals surface area contributed by atoms with Crippen LogP contribution in [0.2, 0.25) is 0 Å². The number of benzene rings is 1. The van der Waals surface area contributed by atoms with E-state index < -0.39 is 6.17 Å². The molecular formula is C18H20N2O3S. The molecule has 1 aromatic heterocycles. The number of fused-ring (bicyclic) bond motifs is 3. The highest BCUT2D eigenvalue weighted by Gasteiger charge is 2.33. The van der Waals surface area contributed by atoms with Gasteiger partial charge in [0, 0.05) is 10.4 Å². The molecule has 1 aliphatic heterocycles.